The van der Waals surface area contributed by atoms with Gasteiger partial charge < -0.3 is 4.90 Å². The van der Waals surface area contributed by atoms with E-state index in [2.05, 4.69) is 37.7 Å². The summed E-state index contributed by atoms with van der Waals surface area (Å²) < 4.78 is 0. The summed E-state index contributed by atoms with van der Waals surface area (Å²) in [6, 6.07) is 1.53. The van der Waals surface area contributed by atoms with Gasteiger partial charge in [-0.15, -0.1) is 0 Å². The van der Waals surface area contributed by atoms with Crippen LogP contribution in [0.2, 0.25) is 0 Å². The van der Waals surface area contributed by atoms with Gasteiger partial charge in [0.25, 0.3) is 0 Å². The maximum atomic E-state index is 2.72. The van der Waals surface area contributed by atoms with Gasteiger partial charge in [-0.05, 0) is 47.2 Å². The summed E-state index contributed by atoms with van der Waals surface area (Å²) in [5.74, 6) is 0. The summed E-state index contributed by atoms with van der Waals surface area (Å²) in [5.41, 5.74) is 0.628. The lowest BCUT2D eigenvalue weighted by Crippen LogP contribution is -2.38. The highest BCUT2D eigenvalue weighted by Gasteiger charge is 2.54. The number of nitrogens with zero attached hydrogens (tertiary/aromatic N) is 2. The van der Waals surface area contributed by atoms with Crippen molar-refractivity contribution < 1.29 is 0 Å². The van der Waals surface area contributed by atoms with Gasteiger partial charge in [-0.2, -0.15) is 0 Å². The van der Waals surface area contributed by atoms with E-state index in [1.54, 1.807) is 0 Å². The molecule has 2 heteroatoms. The first kappa shape index (κ1) is 9.47. The molecule has 76 valence electrons. The van der Waals surface area contributed by atoms with Crippen molar-refractivity contribution in [2.45, 2.75) is 50.7 Å². The van der Waals surface area contributed by atoms with Crippen LogP contribution in [0.15, 0.2) is 0 Å². The zero-order valence-electron chi connectivity index (χ0n) is 9.38. The average molecular weight is 182 g/mol. The van der Waals surface area contributed by atoms with E-state index >= 15 is 0 Å². The molecule has 0 aromatic carbocycles. The lowest BCUT2D eigenvalue weighted by Gasteiger charge is -2.28. The van der Waals surface area contributed by atoms with E-state index in [-0.39, 0.29) is 0 Å². The second-order valence-corrected chi connectivity index (χ2v) is 5.29. The molecule has 0 N–H and O–H groups in total. The van der Waals surface area contributed by atoms with Crippen LogP contribution in [0.3, 0.4) is 0 Å². The molecule has 1 aliphatic carbocycles. The van der Waals surface area contributed by atoms with E-state index in [1.807, 2.05) is 0 Å². The molecule has 0 aromatic heterocycles. The van der Waals surface area contributed by atoms with E-state index in [4.69, 9.17) is 0 Å². The number of rotatable bonds is 2. The Balaban J connectivity index is 2.05. The molecule has 2 nitrogen and oxygen atoms in total. The standard InChI is InChI=1S/C11H22N2/c1-9(2)13-8-10(12(3)4)7-11(13)5-6-11/h9-10H,5-8H2,1-4H3. The molecule has 1 saturated heterocycles. The Morgan fingerprint density at radius 2 is 1.92 bits per heavy atom. The Morgan fingerprint density at radius 1 is 1.31 bits per heavy atom. The van der Waals surface area contributed by atoms with Gasteiger partial charge in [0.15, 0.2) is 0 Å². The number of hydrogen-bond donors (Lipinski definition) is 0. The monoisotopic (exact) mass is 182 g/mol. The Bertz CT molecular complexity index is 194. The van der Waals surface area contributed by atoms with Crippen molar-refractivity contribution >= 4 is 0 Å². The van der Waals surface area contributed by atoms with Gasteiger partial charge >= 0.3 is 0 Å². The largest absolute Gasteiger partial charge is 0.305 e. The van der Waals surface area contributed by atoms with Gasteiger partial charge in [0.2, 0.25) is 0 Å². The lowest BCUT2D eigenvalue weighted by atomic mass is 10.1. The topological polar surface area (TPSA) is 6.48 Å². The number of likely N-dealkylation sites (tertiary alicyclic amines) is 1. The molecular weight excluding hydrogens is 160 g/mol. The molecule has 1 heterocycles. The quantitative estimate of drug-likeness (QED) is 0.639. The normalized spacial score (nSPS) is 32.3. The number of hydrogen-bond acceptors (Lipinski definition) is 2. The molecule has 2 aliphatic rings. The van der Waals surface area contributed by atoms with E-state index in [9.17, 15) is 0 Å². The van der Waals surface area contributed by atoms with Gasteiger partial charge in [-0.3, -0.25) is 4.90 Å². The second-order valence-electron chi connectivity index (χ2n) is 5.29. The van der Waals surface area contributed by atoms with Gasteiger partial charge in [-0.25, -0.2) is 0 Å². The van der Waals surface area contributed by atoms with Crippen LogP contribution < -0.4 is 0 Å². The first-order chi connectivity index (χ1) is 6.05. The Morgan fingerprint density at radius 3 is 2.23 bits per heavy atom. The van der Waals surface area contributed by atoms with Gasteiger partial charge in [0.05, 0.1) is 0 Å². The maximum absolute atomic E-state index is 2.72. The van der Waals surface area contributed by atoms with E-state index < -0.39 is 0 Å². The highest BCUT2D eigenvalue weighted by molar-refractivity contribution is 5.12. The third kappa shape index (κ3) is 1.50. The molecule has 1 atom stereocenters. The first-order valence-corrected chi connectivity index (χ1v) is 5.48. The minimum absolute atomic E-state index is 0.628. The molecule has 0 radical (unpaired) electrons. The molecule has 0 aromatic rings. The summed E-state index contributed by atoms with van der Waals surface area (Å²) in [7, 11) is 4.43. The highest BCUT2D eigenvalue weighted by atomic mass is 15.3. The molecule has 2 rings (SSSR count). The molecule has 1 unspecified atom stereocenters. The minimum Gasteiger partial charge on any atom is -0.305 e. The van der Waals surface area contributed by atoms with Gasteiger partial charge in [0, 0.05) is 24.2 Å². The van der Waals surface area contributed by atoms with Crippen LogP contribution in [0, 0.1) is 0 Å². The van der Waals surface area contributed by atoms with E-state index in [1.165, 1.54) is 25.8 Å². The average Bonchev–Trinajstić information content (AvgIpc) is 2.61. The molecule has 1 saturated carbocycles. The fourth-order valence-corrected chi connectivity index (χ4v) is 2.78. The van der Waals surface area contributed by atoms with Crippen molar-refractivity contribution in [3.05, 3.63) is 0 Å². The smallest absolute Gasteiger partial charge is 0.0235 e. The number of likely N-dealkylation sites (N-methyl/N-ethyl adjacent to an activating group) is 1. The maximum Gasteiger partial charge on any atom is 0.0235 e. The minimum atomic E-state index is 0.628. The Kier molecular flexibility index (Phi) is 2.16. The van der Waals surface area contributed by atoms with E-state index in [0.717, 1.165) is 12.1 Å². The van der Waals surface area contributed by atoms with Gasteiger partial charge in [-0.1, -0.05) is 0 Å². The summed E-state index contributed by atoms with van der Waals surface area (Å²) in [6.45, 7) is 5.95. The van der Waals surface area contributed by atoms with Crippen LogP contribution in [-0.2, 0) is 0 Å². The molecule has 13 heavy (non-hydrogen) atoms. The van der Waals surface area contributed by atoms with Crippen molar-refractivity contribution in [2.75, 3.05) is 20.6 Å². The van der Waals surface area contributed by atoms with Crippen molar-refractivity contribution in [3.8, 4) is 0 Å². The van der Waals surface area contributed by atoms with Crippen molar-refractivity contribution in [3.63, 3.8) is 0 Å². The second kappa shape index (κ2) is 2.96. The van der Waals surface area contributed by atoms with Crippen LogP contribution in [-0.4, -0.2) is 48.1 Å². The summed E-state index contributed by atoms with van der Waals surface area (Å²) in [5, 5.41) is 0. The first-order valence-electron chi connectivity index (χ1n) is 5.48. The summed E-state index contributed by atoms with van der Waals surface area (Å²) in [6.07, 6.45) is 4.28. The van der Waals surface area contributed by atoms with Crippen LogP contribution in [0.25, 0.3) is 0 Å². The lowest BCUT2D eigenvalue weighted by molar-refractivity contribution is 0.180. The molecule has 0 amide bonds. The van der Waals surface area contributed by atoms with Crippen LogP contribution >= 0.6 is 0 Å². The van der Waals surface area contributed by atoms with Crippen LogP contribution in [0.5, 0.6) is 0 Å². The SMILES string of the molecule is CC(C)N1CC(N(C)C)CC12CC2. The zero-order valence-corrected chi connectivity index (χ0v) is 9.38. The van der Waals surface area contributed by atoms with Crippen LogP contribution in [0.1, 0.15) is 33.1 Å². The summed E-state index contributed by atoms with van der Waals surface area (Å²) in [4.78, 5) is 5.11. The summed E-state index contributed by atoms with van der Waals surface area (Å²) >= 11 is 0. The van der Waals surface area contributed by atoms with Crippen molar-refractivity contribution in [2.24, 2.45) is 0 Å². The van der Waals surface area contributed by atoms with E-state index in [0.29, 0.717) is 5.54 Å². The van der Waals surface area contributed by atoms with Gasteiger partial charge in [0.1, 0.15) is 0 Å². The molecule has 2 fully saturated rings. The highest BCUT2D eigenvalue weighted by Crippen LogP contribution is 2.51. The van der Waals surface area contributed by atoms with Crippen molar-refractivity contribution in [1.29, 1.82) is 0 Å². The third-order valence-electron chi connectivity index (χ3n) is 3.81. The fraction of sp³-hybridized carbons (Fsp3) is 1.00. The fourth-order valence-electron chi connectivity index (χ4n) is 2.78. The predicted molar refractivity (Wildman–Crippen MR) is 55.9 cm³/mol. The molecule has 1 spiro atoms. The molecule has 0 bridgehead atoms. The Hall–Kier alpha value is -0.0800. The molecular formula is C11H22N2. The Labute approximate surface area is 81.9 Å². The van der Waals surface area contributed by atoms with Crippen LogP contribution in [0.4, 0.5) is 0 Å². The molecule has 1 aliphatic heterocycles. The van der Waals surface area contributed by atoms with Crippen molar-refractivity contribution in [1.82, 2.24) is 9.80 Å². The predicted octanol–water partition coefficient (Wildman–Crippen LogP) is 1.56. The zero-order chi connectivity index (χ0) is 9.64. The third-order valence-corrected chi connectivity index (χ3v) is 3.81.